The molecule has 1 saturated heterocycles. The first-order chi connectivity index (χ1) is 13.9. The molecule has 1 aliphatic carbocycles. The molecule has 2 aromatic carbocycles. The molecule has 0 radical (unpaired) electrons. The maximum Gasteiger partial charge on any atom is 0.247 e. The molecule has 0 aromatic heterocycles. The molecule has 2 aromatic rings. The summed E-state index contributed by atoms with van der Waals surface area (Å²) >= 11 is 0. The maximum atomic E-state index is 13.4. The van der Waals surface area contributed by atoms with Crippen LogP contribution < -0.4 is 5.32 Å². The summed E-state index contributed by atoms with van der Waals surface area (Å²) in [5, 5.41) is 3.06. The summed E-state index contributed by atoms with van der Waals surface area (Å²) in [4.78, 5) is 28.0. The van der Waals surface area contributed by atoms with Gasteiger partial charge >= 0.3 is 0 Å². The van der Waals surface area contributed by atoms with Gasteiger partial charge in [0.1, 0.15) is 11.9 Å². The molecule has 0 unspecified atom stereocenters. The van der Waals surface area contributed by atoms with Crippen molar-refractivity contribution in [2.75, 3.05) is 6.54 Å². The molecule has 0 spiro atoms. The van der Waals surface area contributed by atoms with E-state index in [4.69, 9.17) is 0 Å². The fraction of sp³-hybridized carbons (Fsp3) is 0.333. The number of nitrogens with one attached hydrogen (secondary N) is 1. The Labute approximate surface area is 170 Å². The zero-order valence-electron chi connectivity index (χ0n) is 16.6. The van der Waals surface area contributed by atoms with Gasteiger partial charge in [0.15, 0.2) is 0 Å². The second kappa shape index (κ2) is 7.82. The Morgan fingerprint density at radius 2 is 1.76 bits per heavy atom. The van der Waals surface area contributed by atoms with Gasteiger partial charge in [0, 0.05) is 12.5 Å². The minimum absolute atomic E-state index is 0.00222. The van der Waals surface area contributed by atoms with Crippen molar-refractivity contribution < 1.29 is 14.0 Å². The summed E-state index contributed by atoms with van der Waals surface area (Å²) < 4.78 is 13.2. The van der Waals surface area contributed by atoms with E-state index in [1.54, 1.807) is 17.0 Å². The van der Waals surface area contributed by atoms with Crippen LogP contribution >= 0.6 is 0 Å². The number of nitrogens with zero attached hydrogens (tertiary/aromatic N) is 1. The number of carbonyl (C=O) groups excluding carboxylic acids is 2. The Morgan fingerprint density at radius 3 is 2.41 bits per heavy atom. The van der Waals surface area contributed by atoms with Gasteiger partial charge < -0.3 is 10.2 Å². The monoisotopic (exact) mass is 392 g/mol. The highest BCUT2D eigenvalue weighted by molar-refractivity contribution is 5.93. The van der Waals surface area contributed by atoms with Gasteiger partial charge in [0.25, 0.3) is 0 Å². The van der Waals surface area contributed by atoms with Crippen molar-refractivity contribution in [2.24, 2.45) is 5.92 Å². The van der Waals surface area contributed by atoms with E-state index in [1.807, 2.05) is 50.3 Å². The Hall–Kier alpha value is -2.95. The average Bonchev–Trinajstić information content (AvgIpc) is 3.50. The molecule has 5 heteroatoms. The smallest absolute Gasteiger partial charge is 0.247 e. The zero-order valence-corrected chi connectivity index (χ0v) is 16.6. The Morgan fingerprint density at radius 1 is 1.07 bits per heavy atom. The average molecular weight is 392 g/mol. The van der Waals surface area contributed by atoms with Crippen molar-refractivity contribution in [2.45, 2.75) is 38.3 Å². The highest BCUT2D eigenvalue weighted by atomic mass is 19.1. The number of rotatable bonds is 4. The lowest BCUT2D eigenvalue weighted by Crippen LogP contribution is -2.58. The minimum Gasteiger partial charge on any atom is -0.345 e. The molecule has 4 rings (SSSR count). The van der Waals surface area contributed by atoms with Crippen LogP contribution in [-0.2, 0) is 9.59 Å². The van der Waals surface area contributed by atoms with Gasteiger partial charge in [0.2, 0.25) is 11.8 Å². The summed E-state index contributed by atoms with van der Waals surface area (Å²) in [6.45, 7) is 4.30. The number of piperazine rings is 1. The van der Waals surface area contributed by atoms with Crippen LogP contribution in [0.2, 0.25) is 0 Å². The SMILES string of the molecule is CC(C)=C[C@H]1C(=O)N[C@@H](c2ccccc2)CN1C(=O)[C@@H]1C[C@H]1c1ccc(F)cc1. The van der Waals surface area contributed by atoms with Crippen molar-refractivity contribution >= 4 is 11.8 Å². The van der Waals surface area contributed by atoms with E-state index >= 15 is 0 Å². The molecule has 1 N–H and O–H groups in total. The first-order valence-electron chi connectivity index (χ1n) is 10.0. The maximum absolute atomic E-state index is 13.4. The first-order valence-corrected chi connectivity index (χ1v) is 10.0. The molecule has 150 valence electrons. The normalized spacial score (nSPS) is 25.9. The van der Waals surface area contributed by atoms with Crippen molar-refractivity contribution in [3.05, 3.63) is 83.2 Å². The molecule has 1 heterocycles. The topological polar surface area (TPSA) is 49.4 Å². The predicted molar refractivity (Wildman–Crippen MR) is 110 cm³/mol. The lowest BCUT2D eigenvalue weighted by molar-refractivity contribution is -0.144. The lowest BCUT2D eigenvalue weighted by atomic mass is 9.99. The predicted octanol–water partition coefficient (Wildman–Crippen LogP) is 3.96. The van der Waals surface area contributed by atoms with Gasteiger partial charge in [-0.15, -0.1) is 0 Å². The van der Waals surface area contributed by atoms with Gasteiger partial charge in [-0.05, 0) is 49.4 Å². The number of amides is 2. The Kier molecular flexibility index (Phi) is 5.22. The third-order valence-electron chi connectivity index (χ3n) is 5.68. The largest absolute Gasteiger partial charge is 0.345 e. The van der Waals surface area contributed by atoms with Gasteiger partial charge in [-0.1, -0.05) is 54.1 Å². The van der Waals surface area contributed by atoms with Gasteiger partial charge in [0.05, 0.1) is 6.04 Å². The van der Waals surface area contributed by atoms with E-state index in [0.29, 0.717) is 6.54 Å². The van der Waals surface area contributed by atoms with Crippen molar-refractivity contribution in [3.8, 4) is 0 Å². The van der Waals surface area contributed by atoms with Crippen LogP contribution in [0.3, 0.4) is 0 Å². The fourth-order valence-corrected chi connectivity index (χ4v) is 4.10. The molecule has 2 aliphatic rings. The number of hydrogen-bond acceptors (Lipinski definition) is 2. The summed E-state index contributed by atoms with van der Waals surface area (Å²) in [5.41, 5.74) is 2.96. The van der Waals surface area contributed by atoms with E-state index in [-0.39, 0.29) is 35.5 Å². The lowest BCUT2D eigenvalue weighted by Gasteiger charge is -2.39. The Balaban J connectivity index is 1.57. The van der Waals surface area contributed by atoms with Crippen LogP contribution in [0.25, 0.3) is 0 Å². The van der Waals surface area contributed by atoms with E-state index in [0.717, 1.165) is 23.1 Å². The van der Waals surface area contributed by atoms with Crippen molar-refractivity contribution in [1.29, 1.82) is 0 Å². The second-order valence-corrected chi connectivity index (χ2v) is 8.15. The zero-order chi connectivity index (χ0) is 20.5. The fourth-order valence-electron chi connectivity index (χ4n) is 4.10. The van der Waals surface area contributed by atoms with Crippen LogP contribution in [-0.4, -0.2) is 29.3 Å². The molecule has 1 saturated carbocycles. The van der Waals surface area contributed by atoms with Gasteiger partial charge in [-0.25, -0.2) is 4.39 Å². The molecule has 2 fully saturated rings. The van der Waals surface area contributed by atoms with Gasteiger partial charge in [-0.2, -0.15) is 0 Å². The molecule has 29 heavy (non-hydrogen) atoms. The Bertz CT molecular complexity index is 935. The number of halogens is 1. The van der Waals surface area contributed by atoms with E-state index in [9.17, 15) is 14.0 Å². The van der Waals surface area contributed by atoms with E-state index in [2.05, 4.69) is 5.32 Å². The van der Waals surface area contributed by atoms with Crippen molar-refractivity contribution in [3.63, 3.8) is 0 Å². The summed E-state index contributed by atoms with van der Waals surface area (Å²) in [7, 11) is 0. The van der Waals surface area contributed by atoms with Crippen molar-refractivity contribution in [1.82, 2.24) is 10.2 Å². The highest BCUT2D eigenvalue weighted by Crippen LogP contribution is 2.49. The minimum atomic E-state index is -0.595. The molecule has 4 nitrogen and oxygen atoms in total. The molecule has 0 bridgehead atoms. The van der Waals surface area contributed by atoms with Crippen LogP contribution in [0.5, 0.6) is 0 Å². The third-order valence-corrected chi connectivity index (χ3v) is 5.68. The quantitative estimate of drug-likeness (QED) is 0.801. The molecule has 2 amide bonds. The molecular formula is C24H25FN2O2. The van der Waals surface area contributed by atoms with Crippen LogP contribution in [0.1, 0.15) is 43.4 Å². The van der Waals surface area contributed by atoms with Gasteiger partial charge in [-0.3, -0.25) is 9.59 Å². The van der Waals surface area contributed by atoms with Crippen LogP contribution in [0, 0.1) is 11.7 Å². The first kappa shape index (κ1) is 19.4. The summed E-state index contributed by atoms with van der Waals surface area (Å²) in [5.74, 6) is -0.498. The van der Waals surface area contributed by atoms with Crippen LogP contribution in [0.15, 0.2) is 66.2 Å². The molecule has 1 aliphatic heterocycles. The number of carbonyl (C=O) groups is 2. The molecule has 4 atom stereocenters. The molecular weight excluding hydrogens is 367 g/mol. The van der Waals surface area contributed by atoms with E-state index < -0.39 is 6.04 Å². The third kappa shape index (κ3) is 4.09. The number of benzene rings is 2. The van der Waals surface area contributed by atoms with E-state index in [1.165, 1.54) is 12.1 Å². The highest BCUT2D eigenvalue weighted by Gasteiger charge is 2.49. The number of allylic oxidation sites excluding steroid dienone is 1. The number of hydrogen-bond donors (Lipinski definition) is 1. The van der Waals surface area contributed by atoms with Crippen LogP contribution in [0.4, 0.5) is 4.39 Å². The summed E-state index contributed by atoms with van der Waals surface area (Å²) in [6, 6.07) is 15.3. The standard InChI is InChI=1S/C24H25FN2O2/c1-15(2)12-22-23(28)26-21(17-6-4-3-5-7-17)14-27(22)24(29)20-13-19(20)16-8-10-18(25)11-9-16/h3-12,19-22H,13-14H2,1-2H3,(H,26,28)/t19-,20+,21+,22-/m0/s1. The second-order valence-electron chi connectivity index (χ2n) is 8.15. The summed E-state index contributed by atoms with van der Waals surface area (Å²) in [6.07, 6.45) is 2.59.